The molecule has 126 valence electrons. The molecule has 1 aromatic rings. The molecule has 2 aliphatic heterocycles. The van der Waals surface area contributed by atoms with Gasteiger partial charge in [-0.05, 0) is 25.5 Å². The third-order valence-corrected chi connectivity index (χ3v) is 4.44. The summed E-state index contributed by atoms with van der Waals surface area (Å²) in [5.74, 6) is -0.407. The summed E-state index contributed by atoms with van der Waals surface area (Å²) in [6.07, 6.45) is 0.378. The number of hydrogen-bond donors (Lipinski definition) is 2. The Morgan fingerprint density at radius 2 is 2.04 bits per heavy atom. The number of hydrogen-bond acceptors (Lipinski definition) is 4. The molecular formula is C16H18N4O4. The van der Waals surface area contributed by atoms with Gasteiger partial charge in [-0.2, -0.15) is 0 Å². The summed E-state index contributed by atoms with van der Waals surface area (Å²) in [5.41, 5.74) is -0.0113. The van der Waals surface area contributed by atoms with Crippen LogP contribution in [0.25, 0.3) is 0 Å². The largest absolute Gasteiger partial charge is 0.324 e. The van der Waals surface area contributed by atoms with Gasteiger partial charge in [0, 0.05) is 24.8 Å². The van der Waals surface area contributed by atoms with E-state index in [0.717, 1.165) is 4.90 Å². The number of nitrogens with zero attached hydrogens (tertiary/aromatic N) is 2. The van der Waals surface area contributed by atoms with Crippen molar-refractivity contribution in [2.24, 2.45) is 0 Å². The molecule has 3 rings (SSSR count). The molecule has 8 heteroatoms. The molecule has 0 saturated carbocycles. The molecule has 1 spiro atoms. The predicted octanol–water partition coefficient (Wildman–Crippen LogP) is 1.05. The Bertz CT molecular complexity index is 747. The van der Waals surface area contributed by atoms with E-state index in [2.05, 4.69) is 10.6 Å². The first-order valence-corrected chi connectivity index (χ1v) is 7.60. The monoisotopic (exact) mass is 330 g/mol. The van der Waals surface area contributed by atoms with E-state index in [-0.39, 0.29) is 24.3 Å². The molecule has 8 nitrogen and oxygen atoms in total. The average molecular weight is 330 g/mol. The minimum atomic E-state index is -1.02. The normalized spacial score (nSPS) is 22.9. The summed E-state index contributed by atoms with van der Waals surface area (Å²) in [6.45, 7) is 1.94. The van der Waals surface area contributed by atoms with Crippen molar-refractivity contribution in [3.8, 4) is 0 Å². The maximum Gasteiger partial charge on any atom is 0.324 e. The zero-order chi connectivity index (χ0) is 17.5. The van der Waals surface area contributed by atoms with Gasteiger partial charge >= 0.3 is 12.1 Å². The number of ketones is 1. The number of likely N-dealkylation sites (N-methyl/N-ethyl adjacent to an activating group) is 1. The maximum absolute atomic E-state index is 12.4. The molecule has 2 heterocycles. The van der Waals surface area contributed by atoms with Crippen LogP contribution in [0.3, 0.4) is 0 Å². The highest BCUT2D eigenvalue weighted by molar-refractivity contribution is 6.07. The fourth-order valence-corrected chi connectivity index (χ4v) is 3.03. The molecule has 1 unspecified atom stereocenters. The molecule has 2 fully saturated rings. The van der Waals surface area contributed by atoms with Crippen molar-refractivity contribution in [1.82, 2.24) is 15.1 Å². The zero-order valence-corrected chi connectivity index (χ0v) is 13.5. The third-order valence-electron chi connectivity index (χ3n) is 4.44. The van der Waals surface area contributed by atoms with Crippen LogP contribution in [-0.4, -0.2) is 59.2 Å². The predicted molar refractivity (Wildman–Crippen MR) is 85.7 cm³/mol. The van der Waals surface area contributed by atoms with E-state index in [1.54, 1.807) is 24.3 Å². The maximum atomic E-state index is 12.4. The molecule has 2 aliphatic rings. The molecule has 1 aromatic carbocycles. The molecule has 24 heavy (non-hydrogen) atoms. The molecule has 0 aromatic heterocycles. The average Bonchev–Trinajstić information content (AvgIpc) is 3.06. The smallest absolute Gasteiger partial charge is 0.322 e. The summed E-state index contributed by atoms with van der Waals surface area (Å²) in [4.78, 5) is 50.2. The van der Waals surface area contributed by atoms with Gasteiger partial charge in [0.05, 0.1) is 6.54 Å². The van der Waals surface area contributed by atoms with E-state index in [4.69, 9.17) is 0 Å². The number of likely N-dealkylation sites (tertiary alicyclic amines) is 1. The molecular weight excluding hydrogens is 312 g/mol. The van der Waals surface area contributed by atoms with Gasteiger partial charge in [-0.25, -0.2) is 9.59 Å². The van der Waals surface area contributed by atoms with Crippen molar-refractivity contribution < 1.29 is 19.2 Å². The van der Waals surface area contributed by atoms with Crippen LogP contribution in [0.4, 0.5) is 15.3 Å². The summed E-state index contributed by atoms with van der Waals surface area (Å²) in [7, 11) is 1.42. The van der Waals surface area contributed by atoms with Crippen molar-refractivity contribution in [3.05, 3.63) is 29.8 Å². The molecule has 2 N–H and O–H groups in total. The minimum absolute atomic E-state index is 0.0893. The fourth-order valence-electron chi connectivity index (χ4n) is 3.03. The van der Waals surface area contributed by atoms with Crippen molar-refractivity contribution in [1.29, 1.82) is 0 Å². The lowest BCUT2D eigenvalue weighted by Gasteiger charge is -2.22. The Balaban J connectivity index is 1.69. The van der Waals surface area contributed by atoms with Crippen LogP contribution in [0.1, 0.15) is 23.7 Å². The molecule has 2 saturated heterocycles. The minimum Gasteiger partial charge on any atom is -0.322 e. The standard InChI is InChI=1S/C16H18N4O4/c1-10(21)11-4-3-5-12(8-11)17-14(23)20-7-6-16(9-20)13(22)19(2)15(24)18-16/h3-5,8H,6-7,9H2,1-2H3,(H,17,23)(H,18,24). The van der Waals surface area contributed by atoms with Crippen LogP contribution in [0.5, 0.6) is 0 Å². The SMILES string of the molecule is CC(=O)c1cccc(NC(=O)N2CCC3(C2)NC(=O)N(C)C3=O)c1. The molecule has 5 amide bonds. The highest BCUT2D eigenvalue weighted by atomic mass is 16.2. The Kier molecular flexibility index (Phi) is 3.75. The first kappa shape index (κ1) is 16.0. The van der Waals surface area contributed by atoms with Gasteiger partial charge in [0.15, 0.2) is 5.78 Å². The highest BCUT2D eigenvalue weighted by Crippen LogP contribution is 2.28. The number of carbonyl (C=O) groups excluding carboxylic acids is 4. The van der Waals surface area contributed by atoms with Crippen LogP contribution in [0.15, 0.2) is 24.3 Å². The number of amides is 5. The van der Waals surface area contributed by atoms with Gasteiger partial charge in [-0.1, -0.05) is 12.1 Å². The zero-order valence-electron chi connectivity index (χ0n) is 13.5. The van der Waals surface area contributed by atoms with Gasteiger partial charge in [0.2, 0.25) is 0 Å². The van der Waals surface area contributed by atoms with Gasteiger partial charge in [0.25, 0.3) is 5.91 Å². The van der Waals surface area contributed by atoms with Crippen molar-refractivity contribution in [2.45, 2.75) is 18.9 Å². The van der Waals surface area contributed by atoms with Gasteiger partial charge in [-0.15, -0.1) is 0 Å². The van der Waals surface area contributed by atoms with Crippen LogP contribution >= 0.6 is 0 Å². The van der Waals surface area contributed by atoms with Crippen LogP contribution in [0.2, 0.25) is 0 Å². The molecule has 0 bridgehead atoms. The Labute approximate surface area is 138 Å². The molecule has 1 atom stereocenters. The first-order chi connectivity index (χ1) is 11.3. The van der Waals surface area contributed by atoms with E-state index in [1.165, 1.54) is 18.9 Å². The number of anilines is 1. The van der Waals surface area contributed by atoms with E-state index in [1.807, 2.05) is 0 Å². The highest BCUT2D eigenvalue weighted by Gasteiger charge is 2.54. The molecule has 0 radical (unpaired) electrons. The van der Waals surface area contributed by atoms with Crippen molar-refractivity contribution >= 4 is 29.4 Å². The second-order valence-corrected chi connectivity index (χ2v) is 6.12. The lowest BCUT2D eigenvalue weighted by Crippen LogP contribution is -2.50. The number of nitrogens with one attached hydrogen (secondary N) is 2. The lowest BCUT2D eigenvalue weighted by molar-refractivity contribution is -0.129. The van der Waals surface area contributed by atoms with Crippen LogP contribution < -0.4 is 10.6 Å². The van der Waals surface area contributed by atoms with E-state index >= 15 is 0 Å². The number of imide groups is 1. The van der Waals surface area contributed by atoms with Gasteiger partial charge < -0.3 is 15.5 Å². The summed E-state index contributed by atoms with van der Waals surface area (Å²) in [6, 6.07) is 5.83. The van der Waals surface area contributed by atoms with Crippen molar-refractivity contribution in [2.75, 3.05) is 25.5 Å². The Hall–Kier alpha value is -2.90. The molecule has 0 aliphatic carbocycles. The van der Waals surface area contributed by atoms with Crippen LogP contribution in [-0.2, 0) is 4.79 Å². The quantitative estimate of drug-likeness (QED) is 0.625. The second kappa shape index (κ2) is 5.63. The summed E-state index contributed by atoms with van der Waals surface area (Å²) >= 11 is 0. The van der Waals surface area contributed by atoms with E-state index in [0.29, 0.717) is 24.2 Å². The van der Waals surface area contributed by atoms with E-state index < -0.39 is 11.6 Å². The summed E-state index contributed by atoms with van der Waals surface area (Å²) in [5, 5.41) is 5.39. The topological polar surface area (TPSA) is 98.8 Å². The van der Waals surface area contributed by atoms with Crippen molar-refractivity contribution in [3.63, 3.8) is 0 Å². The number of carbonyl (C=O) groups is 4. The number of Topliss-reactive ketones (excluding diaryl/α,β-unsaturated/α-hetero) is 1. The van der Waals surface area contributed by atoms with Gasteiger partial charge in [0.1, 0.15) is 5.54 Å². The number of urea groups is 2. The Morgan fingerprint density at radius 1 is 1.29 bits per heavy atom. The fraction of sp³-hybridized carbons (Fsp3) is 0.375. The van der Waals surface area contributed by atoms with E-state index in [9.17, 15) is 19.2 Å². The third kappa shape index (κ3) is 2.60. The van der Waals surface area contributed by atoms with Gasteiger partial charge in [-0.3, -0.25) is 14.5 Å². The second-order valence-electron chi connectivity index (χ2n) is 6.12. The van der Waals surface area contributed by atoms with Crippen LogP contribution in [0, 0.1) is 0 Å². The number of benzene rings is 1. The lowest BCUT2D eigenvalue weighted by atomic mass is 9.99. The first-order valence-electron chi connectivity index (χ1n) is 7.60. The Morgan fingerprint density at radius 3 is 2.67 bits per heavy atom. The number of rotatable bonds is 2. The summed E-state index contributed by atoms with van der Waals surface area (Å²) < 4.78 is 0.